The van der Waals surface area contributed by atoms with E-state index in [1.54, 1.807) is 7.11 Å². The lowest BCUT2D eigenvalue weighted by Gasteiger charge is -2.19. The molecule has 2 aromatic carbocycles. The van der Waals surface area contributed by atoms with Gasteiger partial charge < -0.3 is 15.8 Å². The maximum Gasteiger partial charge on any atom is 0.118 e. The van der Waals surface area contributed by atoms with E-state index in [4.69, 9.17) is 10.5 Å². The van der Waals surface area contributed by atoms with E-state index in [0.29, 0.717) is 6.54 Å². The molecule has 2 rings (SSSR count). The maximum absolute atomic E-state index is 5.90. The molecule has 2 aromatic rings. The van der Waals surface area contributed by atoms with Crippen molar-refractivity contribution < 1.29 is 4.74 Å². The molecule has 0 amide bonds. The van der Waals surface area contributed by atoms with Crippen LogP contribution in [0.1, 0.15) is 22.7 Å². The molecule has 0 aliphatic carbocycles. The van der Waals surface area contributed by atoms with Crippen LogP contribution in [0, 0.1) is 13.8 Å². The van der Waals surface area contributed by atoms with Crippen molar-refractivity contribution in [3.8, 4) is 5.75 Å². The van der Waals surface area contributed by atoms with Gasteiger partial charge in [0.25, 0.3) is 0 Å². The third-order valence-electron chi connectivity index (χ3n) is 3.60. The van der Waals surface area contributed by atoms with Crippen molar-refractivity contribution in [1.29, 1.82) is 0 Å². The molecular weight excluding hydrogens is 248 g/mol. The highest BCUT2D eigenvalue weighted by Crippen LogP contribution is 2.22. The highest BCUT2D eigenvalue weighted by Gasteiger charge is 2.10. The van der Waals surface area contributed by atoms with Gasteiger partial charge in [-0.05, 0) is 54.8 Å². The van der Waals surface area contributed by atoms with Crippen LogP contribution in [-0.4, -0.2) is 13.7 Å². The molecule has 0 fully saturated rings. The molecule has 3 N–H and O–H groups in total. The second-order valence-electron chi connectivity index (χ2n) is 5.00. The first-order valence-corrected chi connectivity index (χ1v) is 6.82. The van der Waals surface area contributed by atoms with Gasteiger partial charge in [0, 0.05) is 12.2 Å². The molecule has 0 saturated heterocycles. The van der Waals surface area contributed by atoms with Crippen molar-refractivity contribution in [2.75, 3.05) is 19.0 Å². The Kier molecular flexibility index (Phi) is 4.64. The lowest BCUT2D eigenvalue weighted by atomic mass is 10.1. The van der Waals surface area contributed by atoms with Crippen LogP contribution in [0.5, 0.6) is 5.75 Å². The number of hydrogen-bond acceptors (Lipinski definition) is 3. The molecule has 0 spiro atoms. The summed E-state index contributed by atoms with van der Waals surface area (Å²) in [6.45, 7) is 4.77. The molecule has 3 heteroatoms. The summed E-state index contributed by atoms with van der Waals surface area (Å²) in [6.07, 6.45) is 0. The van der Waals surface area contributed by atoms with Gasteiger partial charge in [0.2, 0.25) is 0 Å². The lowest BCUT2D eigenvalue weighted by molar-refractivity contribution is 0.414. The van der Waals surface area contributed by atoms with E-state index < -0.39 is 0 Å². The van der Waals surface area contributed by atoms with E-state index in [9.17, 15) is 0 Å². The average molecular weight is 270 g/mol. The van der Waals surface area contributed by atoms with Crippen molar-refractivity contribution in [3.05, 3.63) is 59.2 Å². The van der Waals surface area contributed by atoms with Crippen molar-refractivity contribution in [2.45, 2.75) is 19.9 Å². The summed E-state index contributed by atoms with van der Waals surface area (Å²) in [5.41, 5.74) is 10.7. The quantitative estimate of drug-likeness (QED) is 0.875. The first-order valence-electron chi connectivity index (χ1n) is 6.82. The Hall–Kier alpha value is -2.00. The minimum atomic E-state index is 0.100. The van der Waals surface area contributed by atoms with Gasteiger partial charge in [0.15, 0.2) is 0 Å². The molecule has 1 atom stereocenters. The van der Waals surface area contributed by atoms with Crippen LogP contribution in [0.15, 0.2) is 42.5 Å². The fourth-order valence-electron chi connectivity index (χ4n) is 2.15. The van der Waals surface area contributed by atoms with Crippen molar-refractivity contribution in [3.63, 3.8) is 0 Å². The van der Waals surface area contributed by atoms with Crippen molar-refractivity contribution >= 4 is 5.69 Å². The van der Waals surface area contributed by atoms with E-state index in [0.717, 1.165) is 17.0 Å². The van der Waals surface area contributed by atoms with E-state index >= 15 is 0 Å². The Morgan fingerprint density at radius 2 is 1.75 bits per heavy atom. The number of rotatable bonds is 5. The normalized spacial score (nSPS) is 12.0. The number of hydrogen-bond donors (Lipinski definition) is 2. The number of ether oxygens (including phenoxy) is 1. The molecule has 3 nitrogen and oxygen atoms in total. The third kappa shape index (κ3) is 3.31. The number of nitrogens with two attached hydrogens (primary N) is 1. The van der Waals surface area contributed by atoms with Crippen LogP contribution in [-0.2, 0) is 0 Å². The van der Waals surface area contributed by atoms with E-state index in [1.807, 2.05) is 24.3 Å². The number of aryl methyl sites for hydroxylation is 2. The molecule has 0 aromatic heterocycles. The Balaban J connectivity index is 2.16. The average Bonchev–Trinajstić information content (AvgIpc) is 2.48. The molecule has 106 valence electrons. The predicted octanol–water partition coefficient (Wildman–Crippen LogP) is 3.42. The fraction of sp³-hybridized carbons (Fsp3) is 0.294. The fourth-order valence-corrected chi connectivity index (χ4v) is 2.15. The number of nitrogens with one attached hydrogen (secondary N) is 1. The molecule has 1 unspecified atom stereocenters. The van der Waals surface area contributed by atoms with E-state index in [-0.39, 0.29) is 6.04 Å². The highest BCUT2D eigenvalue weighted by atomic mass is 16.5. The molecule has 0 heterocycles. The maximum atomic E-state index is 5.90. The third-order valence-corrected chi connectivity index (χ3v) is 3.60. The van der Waals surface area contributed by atoms with Gasteiger partial charge in [-0.1, -0.05) is 18.2 Å². The second kappa shape index (κ2) is 6.44. The molecule has 0 aliphatic heterocycles. The predicted molar refractivity (Wildman–Crippen MR) is 84.3 cm³/mol. The summed E-state index contributed by atoms with van der Waals surface area (Å²) < 4.78 is 5.18. The molecule has 0 bridgehead atoms. The van der Waals surface area contributed by atoms with Crippen molar-refractivity contribution in [1.82, 2.24) is 0 Å². The van der Waals surface area contributed by atoms with Gasteiger partial charge in [0.1, 0.15) is 5.75 Å². The largest absolute Gasteiger partial charge is 0.497 e. The summed E-state index contributed by atoms with van der Waals surface area (Å²) in [7, 11) is 1.67. The number of anilines is 1. The van der Waals surface area contributed by atoms with Gasteiger partial charge in [0.05, 0.1) is 13.2 Å². The summed E-state index contributed by atoms with van der Waals surface area (Å²) >= 11 is 0. The smallest absolute Gasteiger partial charge is 0.118 e. The Morgan fingerprint density at radius 1 is 1.05 bits per heavy atom. The topological polar surface area (TPSA) is 47.3 Å². The van der Waals surface area contributed by atoms with Crippen LogP contribution < -0.4 is 15.8 Å². The monoisotopic (exact) mass is 270 g/mol. The van der Waals surface area contributed by atoms with Crippen LogP contribution >= 0.6 is 0 Å². The number of methoxy groups -OCH3 is 1. The van der Waals surface area contributed by atoms with Gasteiger partial charge >= 0.3 is 0 Å². The Morgan fingerprint density at radius 3 is 2.30 bits per heavy atom. The Bertz CT molecular complexity index is 564. The zero-order valence-corrected chi connectivity index (χ0v) is 12.3. The minimum absolute atomic E-state index is 0.100. The lowest BCUT2D eigenvalue weighted by Crippen LogP contribution is -2.20. The zero-order valence-electron chi connectivity index (χ0n) is 12.3. The summed E-state index contributed by atoms with van der Waals surface area (Å²) in [5, 5.41) is 3.48. The second-order valence-corrected chi connectivity index (χ2v) is 5.00. The van der Waals surface area contributed by atoms with Gasteiger partial charge in [-0.3, -0.25) is 0 Å². The number of benzene rings is 2. The van der Waals surface area contributed by atoms with Crippen LogP contribution in [0.3, 0.4) is 0 Å². The standard InChI is InChI=1S/C17H22N2O/c1-12-4-7-15(10-13(12)2)19-17(11-18)14-5-8-16(20-3)9-6-14/h4-10,17,19H,11,18H2,1-3H3. The summed E-state index contributed by atoms with van der Waals surface area (Å²) in [4.78, 5) is 0. The van der Waals surface area contributed by atoms with Crippen LogP contribution in [0.2, 0.25) is 0 Å². The zero-order chi connectivity index (χ0) is 14.5. The summed E-state index contributed by atoms with van der Waals surface area (Å²) in [5.74, 6) is 0.857. The molecule has 0 radical (unpaired) electrons. The SMILES string of the molecule is COc1ccc(C(CN)Nc2ccc(C)c(C)c2)cc1. The van der Waals surface area contributed by atoms with E-state index in [2.05, 4.69) is 37.4 Å². The Labute approximate surface area is 120 Å². The minimum Gasteiger partial charge on any atom is -0.497 e. The van der Waals surface area contributed by atoms with Gasteiger partial charge in [-0.25, -0.2) is 0 Å². The molecule has 20 heavy (non-hydrogen) atoms. The van der Waals surface area contributed by atoms with E-state index in [1.165, 1.54) is 11.1 Å². The first-order chi connectivity index (χ1) is 9.63. The van der Waals surface area contributed by atoms with Crippen molar-refractivity contribution in [2.24, 2.45) is 5.73 Å². The molecule has 0 saturated carbocycles. The first kappa shape index (κ1) is 14.4. The van der Waals surface area contributed by atoms with Crippen LogP contribution in [0.25, 0.3) is 0 Å². The molecule has 0 aliphatic rings. The van der Waals surface area contributed by atoms with Crippen LogP contribution in [0.4, 0.5) is 5.69 Å². The highest BCUT2D eigenvalue weighted by molar-refractivity contribution is 5.50. The molecular formula is C17H22N2O. The van der Waals surface area contributed by atoms with Gasteiger partial charge in [-0.15, -0.1) is 0 Å². The van der Waals surface area contributed by atoms with Gasteiger partial charge in [-0.2, -0.15) is 0 Å². The summed E-state index contributed by atoms with van der Waals surface area (Å²) in [6, 6.07) is 14.5.